The van der Waals surface area contributed by atoms with Crippen LogP contribution in [0.25, 0.3) is 0 Å². The predicted octanol–water partition coefficient (Wildman–Crippen LogP) is 3.67. The van der Waals surface area contributed by atoms with Gasteiger partial charge in [0.1, 0.15) is 0 Å². The Balaban J connectivity index is 1.89. The summed E-state index contributed by atoms with van der Waals surface area (Å²) in [7, 11) is 2.24. The fraction of sp³-hybridized carbons (Fsp3) is 0.625. The standard InChI is InChI=1S/C16H26N2/c1-3-13-8-10-15(11-9-13)18(2)12-14-6-4-5-7-16(14)17/h4-7,13,15H,3,8-12,17H2,1-2H3. The number of nitrogens with two attached hydrogens (primary N) is 1. The van der Waals surface area contributed by atoms with Crippen LogP contribution >= 0.6 is 0 Å². The molecule has 100 valence electrons. The second kappa shape index (κ2) is 6.24. The Kier molecular flexibility index (Phi) is 4.65. The maximum atomic E-state index is 6.02. The van der Waals surface area contributed by atoms with Crippen LogP contribution in [0.5, 0.6) is 0 Å². The molecular formula is C16H26N2. The van der Waals surface area contributed by atoms with Crippen molar-refractivity contribution in [3.05, 3.63) is 29.8 Å². The third-order valence-electron chi connectivity index (χ3n) is 4.49. The van der Waals surface area contributed by atoms with Crippen LogP contribution < -0.4 is 5.73 Å². The van der Waals surface area contributed by atoms with Crippen LogP contribution in [0.3, 0.4) is 0 Å². The number of nitrogen functional groups attached to an aromatic ring is 1. The zero-order valence-corrected chi connectivity index (χ0v) is 11.7. The van der Waals surface area contributed by atoms with Crippen molar-refractivity contribution in [1.82, 2.24) is 4.90 Å². The van der Waals surface area contributed by atoms with E-state index in [1.54, 1.807) is 0 Å². The Morgan fingerprint density at radius 2 is 1.83 bits per heavy atom. The average Bonchev–Trinajstić information content (AvgIpc) is 2.41. The first-order valence-corrected chi connectivity index (χ1v) is 7.24. The minimum atomic E-state index is 0.743. The van der Waals surface area contributed by atoms with Gasteiger partial charge in [-0.1, -0.05) is 31.5 Å². The minimum Gasteiger partial charge on any atom is -0.398 e. The molecule has 1 aliphatic rings. The highest BCUT2D eigenvalue weighted by Crippen LogP contribution is 2.29. The topological polar surface area (TPSA) is 29.3 Å². The van der Waals surface area contributed by atoms with Crippen LogP contribution in [0.2, 0.25) is 0 Å². The summed E-state index contributed by atoms with van der Waals surface area (Å²) in [5.41, 5.74) is 8.20. The van der Waals surface area contributed by atoms with Gasteiger partial charge in [0.2, 0.25) is 0 Å². The lowest BCUT2D eigenvalue weighted by Crippen LogP contribution is -2.34. The fourth-order valence-corrected chi connectivity index (χ4v) is 3.07. The van der Waals surface area contributed by atoms with Crippen LogP contribution in [-0.2, 0) is 6.54 Å². The summed E-state index contributed by atoms with van der Waals surface area (Å²) in [6.45, 7) is 3.30. The van der Waals surface area contributed by atoms with E-state index in [4.69, 9.17) is 5.73 Å². The summed E-state index contributed by atoms with van der Waals surface area (Å²) >= 11 is 0. The van der Waals surface area contributed by atoms with Gasteiger partial charge in [-0.25, -0.2) is 0 Å². The minimum absolute atomic E-state index is 0.743. The van der Waals surface area contributed by atoms with Gasteiger partial charge in [0, 0.05) is 18.3 Å². The van der Waals surface area contributed by atoms with E-state index >= 15 is 0 Å². The van der Waals surface area contributed by atoms with Crippen molar-refractivity contribution in [2.24, 2.45) is 5.92 Å². The van der Waals surface area contributed by atoms with E-state index in [-0.39, 0.29) is 0 Å². The molecule has 0 amide bonds. The molecule has 1 saturated carbocycles. The zero-order valence-electron chi connectivity index (χ0n) is 11.7. The van der Waals surface area contributed by atoms with E-state index in [0.717, 1.165) is 24.2 Å². The van der Waals surface area contributed by atoms with Crippen molar-refractivity contribution in [3.63, 3.8) is 0 Å². The molecule has 1 aromatic carbocycles. The first-order chi connectivity index (χ1) is 8.70. The maximum Gasteiger partial charge on any atom is 0.0359 e. The zero-order chi connectivity index (χ0) is 13.0. The molecule has 0 aromatic heterocycles. The Hall–Kier alpha value is -1.02. The van der Waals surface area contributed by atoms with Crippen LogP contribution in [0, 0.1) is 5.92 Å². The van der Waals surface area contributed by atoms with Crippen LogP contribution in [0.15, 0.2) is 24.3 Å². The predicted molar refractivity (Wildman–Crippen MR) is 78.4 cm³/mol. The van der Waals surface area contributed by atoms with Gasteiger partial charge < -0.3 is 5.73 Å². The number of nitrogens with zero attached hydrogens (tertiary/aromatic N) is 1. The highest BCUT2D eigenvalue weighted by atomic mass is 15.1. The molecule has 1 fully saturated rings. The van der Waals surface area contributed by atoms with E-state index < -0.39 is 0 Å². The molecule has 18 heavy (non-hydrogen) atoms. The number of para-hydroxylation sites is 1. The largest absolute Gasteiger partial charge is 0.398 e. The quantitative estimate of drug-likeness (QED) is 0.821. The van der Waals surface area contributed by atoms with Gasteiger partial charge >= 0.3 is 0 Å². The molecule has 0 unspecified atom stereocenters. The van der Waals surface area contributed by atoms with Crippen molar-refractivity contribution in [3.8, 4) is 0 Å². The van der Waals surface area contributed by atoms with Gasteiger partial charge in [-0.2, -0.15) is 0 Å². The lowest BCUT2D eigenvalue weighted by Gasteiger charge is -2.34. The number of anilines is 1. The number of hydrogen-bond donors (Lipinski definition) is 1. The molecule has 0 heterocycles. The van der Waals surface area contributed by atoms with Gasteiger partial charge in [-0.3, -0.25) is 4.90 Å². The first kappa shape index (κ1) is 13.4. The number of hydrogen-bond acceptors (Lipinski definition) is 2. The first-order valence-electron chi connectivity index (χ1n) is 7.24. The summed E-state index contributed by atoms with van der Waals surface area (Å²) < 4.78 is 0. The fourth-order valence-electron chi connectivity index (χ4n) is 3.07. The van der Waals surface area contributed by atoms with E-state index in [1.807, 2.05) is 12.1 Å². The normalized spacial score (nSPS) is 24.4. The summed E-state index contributed by atoms with van der Waals surface area (Å²) in [6.07, 6.45) is 6.84. The smallest absolute Gasteiger partial charge is 0.0359 e. The summed E-state index contributed by atoms with van der Waals surface area (Å²) in [6, 6.07) is 8.96. The van der Waals surface area contributed by atoms with Gasteiger partial charge in [-0.05, 0) is 50.3 Å². The molecule has 0 saturated heterocycles. The van der Waals surface area contributed by atoms with Crippen molar-refractivity contribution < 1.29 is 0 Å². The van der Waals surface area contributed by atoms with E-state index in [1.165, 1.54) is 37.7 Å². The van der Waals surface area contributed by atoms with Gasteiger partial charge in [0.05, 0.1) is 0 Å². The van der Waals surface area contributed by atoms with Gasteiger partial charge in [0.25, 0.3) is 0 Å². The Bertz CT molecular complexity index is 367. The van der Waals surface area contributed by atoms with Gasteiger partial charge in [-0.15, -0.1) is 0 Å². The van der Waals surface area contributed by atoms with E-state index in [0.29, 0.717) is 0 Å². The lowest BCUT2D eigenvalue weighted by atomic mass is 9.84. The second-order valence-electron chi connectivity index (χ2n) is 5.70. The number of benzene rings is 1. The van der Waals surface area contributed by atoms with Crippen molar-refractivity contribution in [2.45, 2.75) is 51.6 Å². The SMILES string of the molecule is CCC1CCC(N(C)Cc2ccccc2N)CC1. The van der Waals surface area contributed by atoms with Crippen LogP contribution in [-0.4, -0.2) is 18.0 Å². The Morgan fingerprint density at radius 1 is 1.17 bits per heavy atom. The van der Waals surface area contributed by atoms with Crippen molar-refractivity contribution in [2.75, 3.05) is 12.8 Å². The van der Waals surface area contributed by atoms with Crippen molar-refractivity contribution in [1.29, 1.82) is 0 Å². The maximum absolute atomic E-state index is 6.02. The molecule has 0 spiro atoms. The molecule has 2 rings (SSSR count). The monoisotopic (exact) mass is 246 g/mol. The summed E-state index contributed by atoms with van der Waals surface area (Å²) in [4.78, 5) is 2.48. The Labute approximate surface area is 111 Å². The second-order valence-corrected chi connectivity index (χ2v) is 5.70. The molecule has 2 heteroatoms. The molecule has 1 aliphatic carbocycles. The van der Waals surface area contributed by atoms with E-state index in [2.05, 4.69) is 31.0 Å². The van der Waals surface area contributed by atoms with E-state index in [9.17, 15) is 0 Å². The van der Waals surface area contributed by atoms with Crippen molar-refractivity contribution >= 4 is 5.69 Å². The molecule has 0 bridgehead atoms. The highest BCUT2D eigenvalue weighted by molar-refractivity contribution is 5.46. The molecule has 0 atom stereocenters. The van der Waals surface area contributed by atoms with Gasteiger partial charge in [0.15, 0.2) is 0 Å². The molecule has 0 radical (unpaired) electrons. The third kappa shape index (κ3) is 3.26. The Morgan fingerprint density at radius 3 is 2.44 bits per heavy atom. The molecular weight excluding hydrogens is 220 g/mol. The molecule has 0 aliphatic heterocycles. The average molecular weight is 246 g/mol. The van der Waals surface area contributed by atoms with Crippen LogP contribution in [0.4, 0.5) is 5.69 Å². The highest BCUT2D eigenvalue weighted by Gasteiger charge is 2.23. The molecule has 2 nitrogen and oxygen atoms in total. The molecule has 2 N–H and O–H groups in total. The van der Waals surface area contributed by atoms with Crippen LogP contribution in [0.1, 0.15) is 44.6 Å². The lowest BCUT2D eigenvalue weighted by molar-refractivity contribution is 0.158. The number of rotatable bonds is 4. The summed E-state index contributed by atoms with van der Waals surface area (Å²) in [5.74, 6) is 0.969. The third-order valence-corrected chi connectivity index (χ3v) is 4.49. The summed E-state index contributed by atoms with van der Waals surface area (Å²) in [5, 5.41) is 0. The molecule has 1 aromatic rings.